The zero-order valence-corrected chi connectivity index (χ0v) is 9.46. The van der Waals surface area contributed by atoms with Gasteiger partial charge in [0.2, 0.25) is 0 Å². The summed E-state index contributed by atoms with van der Waals surface area (Å²) >= 11 is 0. The van der Waals surface area contributed by atoms with Crippen molar-refractivity contribution in [3.8, 4) is 18.1 Å². The van der Waals surface area contributed by atoms with Gasteiger partial charge in [-0.05, 0) is 30.9 Å². The van der Waals surface area contributed by atoms with E-state index in [1.807, 2.05) is 6.07 Å². The molecule has 1 aromatic rings. The first-order chi connectivity index (χ1) is 7.92. The van der Waals surface area contributed by atoms with Gasteiger partial charge in [0.25, 0.3) is 0 Å². The molecule has 0 fully saturated rings. The van der Waals surface area contributed by atoms with Crippen molar-refractivity contribution in [3.05, 3.63) is 23.8 Å². The molecular weight excluding hydrogens is 198 g/mol. The first-order valence-electron chi connectivity index (χ1n) is 5.84. The maximum atomic E-state index is 5.75. The Kier molecular flexibility index (Phi) is 3.71. The number of benzene rings is 1. The normalized spacial score (nSPS) is 13.4. The van der Waals surface area contributed by atoms with Crippen molar-refractivity contribution in [2.45, 2.75) is 25.7 Å². The van der Waals surface area contributed by atoms with Crippen molar-refractivity contribution < 1.29 is 4.74 Å². The summed E-state index contributed by atoms with van der Waals surface area (Å²) in [6, 6.07) is 6.24. The van der Waals surface area contributed by atoms with E-state index in [4.69, 9.17) is 11.2 Å². The molecule has 2 heteroatoms. The van der Waals surface area contributed by atoms with Crippen molar-refractivity contribution in [1.82, 2.24) is 0 Å². The topological polar surface area (TPSA) is 21.3 Å². The Labute approximate surface area is 97.0 Å². The summed E-state index contributed by atoms with van der Waals surface area (Å²) in [7, 11) is 0. The molecular formula is C14H17NO. The van der Waals surface area contributed by atoms with E-state index in [0.29, 0.717) is 6.61 Å². The van der Waals surface area contributed by atoms with E-state index in [-0.39, 0.29) is 0 Å². The van der Waals surface area contributed by atoms with Crippen molar-refractivity contribution in [1.29, 1.82) is 0 Å². The lowest BCUT2D eigenvalue weighted by molar-refractivity contribution is 0.314. The number of ether oxygens (including phenoxy) is 1. The van der Waals surface area contributed by atoms with Crippen LogP contribution in [-0.4, -0.2) is 13.2 Å². The summed E-state index contributed by atoms with van der Waals surface area (Å²) in [6.07, 6.45) is 9.24. The van der Waals surface area contributed by atoms with Crippen LogP contribution >= 0.6 is 0 Å². The maximum absolute atomic E-state index is 5.75. The third-order valence-corrected chi connectivity index (χ3v) is 2.76. The van der Waals surface area contributed by atoms with Crippen LogP contribution in [0.15, 0.2) is 18.2 Å². The van der Waals surface area contributed by atoms with Crippen molar-refractivity contribution in [3.63, 3.8) is 0 Å². The Morgan fingerprint density at radius 2 is 2.38 bits per heavy atom. The zero-order valence-electron chi connectivity index (χ0n) is 9.46. The van der Waals surface area contributed by atoms with Gasteiger partial charge in [-0.1, -0.05) is 12.1 Å². The molecule has 0 atom stereocenters. The number of nitrogens with one attached hydrogen (secondary N) is 1. The highest BCUT2D eigenvalue weighted by Gasteiger charge is 2.12. The summed E-state index contributed by atoms with van der Waals surface area (Å²) in [5.74, 6) is 3.59. The summed E-state index contributed by atoms with van der Waals surface area (Å²) < 4.78 is 5.75. The molecule has 0 unspecified atom stereocenters. The maximum Gasteiger partial charge on any atom is 0.142 e. The highest BCUT2D eigenvalue weighted by Crippen LogP contribution is 2.31. The van der Waals surface area contributed by atoms with E-state index in [2.05, 4.69) is 23.4 Å². The van der Waals surface area contributed by atoms with Gasteiger partial charge in [0.05, 0.1) is 12.3 Å². The molecule has 1 aromatic carbocycles. The molecule has 0 amide bonds. The second kappa shape index (κ2) is 5.46. The molecule has 16 heavy (non-hydrogen) atoms. The predicted octanol–water partition coefficient (Wildman–Crippen LogP) is 2.84. The molecule has 0 saturated carbocycles. The summed E-state index contributed by atoms with van der Waals surface area (Å²) in [5, 5.41) is 3.41. The Morgan fingerprint density at radius 1 is 1.44 bits per heavy atom. The van der Waals surface area contributed by atoms with Gasteiger partial charge in [0.1, 0.15) is 5.75 Å². The molecule has 0 spiro atoms. The monoisotopic (exact) mass is 215 g/mol. The van der Waals surface area contributed by atoms with Crippen LogP contribution in [0.1, 0.15) is 24.8 Å². The van der Waals surface area contributed by atoms with Gasteiger partial charge in [-0.3, -0.25) is 0 Å². The lowest BCUT2D eigenvalue weighted by atomic mass is 10.0. The van der Waals surface area contributed by atoms with Gasteiger partial charge in [-0.25, -0.2) is 0 Å². The molecule has 1 heterocycles. The zero-order chi connectivity index (χ0) is 11.2. The average molecular weight is 215 g/mol. The number of anilines is 1. The minimum atomic E-state index is 0.697. The van der Waals surface area contributed by atoms with Gasteiger partial charge < -0.3 is 10.1 Å². The quantitative estimate of drug-likeness (QED) is 0.616. The molecule has 0 saturated heterocycles. The predicted molar refractivity (Wildman–Crippen MR) is 66.8 cm³/mol. The van der Waals surface area contributed by atoms with E-state index in [1.165, 1.54) is 17.7 Å². The molecule has 0 aliphatic carbocycles. The molecule has 2 nitrogen and oxygen atoms in total. The Morgan fingerprint density at radius 3 is 3.25 bits per heavy atom. The van der Waals surface area contributed by atoms with E-state index >= 15 is 0 Å². The lowest BCUT2D eigenvalue weighted by Crippen LogP contribution is -2.13. The molecule has 0 radical (unpaired) electrons. The van der Waals surface area contributed by atoms with E-state index < -0.39 is 0 Å². The van der Waals surface area contributed by atoms with E-state index in [0.717, 1.165) is 31.6 Å². The molecule has 1 aliphatic heterocycles. The Balaban J connectivity index is 2.01. The van der Waals surface area contributed by atoms with Crippen molar-refractivity contribution in [2.75, 3.05) is 18.5 Å². The van der Waals surface area contributed by atoms with E-state index in [9.17, 15) is 0 Å². The SMILES string of the molecule is C#CCCCOc1cccc2c1NCCC2. The van der Waals surface area contributed by atoms with Gasteiger partial charge in [0, 0.05) is 13.0 Å². The van der Waals surface area contributed by atoms with Crippen LogP contribution in [0, 0.1) is 12.3 Å². The first kappa shape index (κ1) is 10.9. The Hall–Kier alpha value is -1.62. The number of aryl methyl sites for hydroxylation is 1. The van der Waals surface area contributed by atoms with Crippen LogP contribution in [-0.2, 0) is 6.42 Å². The molecule has 1 aliphatic rings. The van der Waals surface area contributed by atoms with Crippen LogP contribution in [0.5, 0.6) is 5.75 Å². The van der Waals surface area contributed by atoms with Gasteiger partial charge in [-0.15, -0.1) is 12.3 Å². The highest BCUT2D eigenvalue weighted by molar-refractivity contribution is 5.63. The summed E-state index contributed by atoms with van der Waals surface area (Å²) in [6.45, 7) is 1.74. The molecule has 2 rings (SSSR count). The van der Waals surface area contributed by atoms with Crippen LogP contribution in [0.25, 0.3) is 0 Å². The smallest absolute Gasteiger partial charge is 0.142 e. The lowest BCUT2D eigenvalue weighted by Gasteiger charge is -2.21. The standard InChI is InChI=1S/C14H17NO/c1-2-3-4-11-16-13-9-5-7-12-8-6-10-15-14(12)13/h1,5,7,9,15H,3-4,6,8,10-11H2. The first-order valence-corrected chi connectivity index (χ1v) is 5.84. The van der Waals surface area contributed by atoms with Crippen LogP contribution in [0.4, 0.5) is 5.69 Å². The summed E-state index contributed by atoms with van der Waals surface area (Å²) in [5.41, 5.74) is 2.54. The fourth-order valence-electron chi connectivity index (χ4n) is 1.95. The summed E-state index contributed by atoms with van der Waals surface area (Å²) in [4.78, 5) is 0. The van der Waals surface area contributed by atoms with Crippen LogP contribution in [0.3, 0.4) is 0 Å². The van der Waals surface area contributed by atoms with Crippen molar-refractivity contribution >= 4 is 5.69 Å². The van der Waals surface area contributed by atoms with Gasteiger partial charge in [0.15, 0.2) is 0 Å². The average Bonchev–Trinajstić information content (AvgIpc) is 2.35. The number of hydrogen-bond acceptors (Lipinski definition) is 2. The van der Waals surface area contributed by atoms with Gasteiger partial charge >= 0.3 is 0 Å². The minimum Gasteiger partial charge on any atom is -0.491 e. The highest BCUT2D eigenvalue weighted by atomic mass is 16.5. The molecule has 84 valence electrons. The number of terminal acetylenes is 1. The second-order valence-corrected chi connectivity index (χ2v) is 3.98. The fraction of sp³-hybridized carbons (Fsp3) is 0.429. The van der Waals surface area contributed by atoms with Gasteiger partial charge in [-0.2, -0.15) is 0 Å². The third kappa shape index (κ3) is 2.49. The number of fused-ring (bicyclic) bond motifs is 1. The number of unbranched alkanes of at least 4 members (excludes halogenated alkanes) is 1. The van der Waals surface area contributed by atoms with Crippen LogP contribution in [0.2, 0.25) is 0 Å². The third-order valence-electron chi connectivity index (χ3n) is 2.76. The molecule has 0 bridgehead atoms. The number of hydrogen-bond donors (Lipinski definition) is 1. The fourth-order valence-corrected chi connectivity index (χ4v) is 1.95. The largest absolute Gasteiger partial charge is 0.491 e. The van der Waals surface area contributed by atoms with Crippen molar-refractivity contribution in [2.24, 2.45) is 0 Å². The van der Waals surface area contributed by atoms with E-state index in [1.54, 1.807) is 0 Å². The molecule has 1 N–H and O–H groups in total. The minimum absolute atomic E-state index is 0.697. The Bertz CT molecular complexity index is 392. The molecule has 0 aromatic heterocycles. The van der Waals surface area contributed by atoms with Crippen LogP contribution < -0.4 is 10.1 Å². The second-order valence-electron chi connectivity index (χ2n) is 3.98. The number of para-hydroxylation sites is 1. The number of rotatable bonds is 4.